The minimum atomic E-state index is -0.152. The van der Waals surface area contributed by atoms with Crippen molar-refractivity contribution < 1.29 is 9.53 Å². The molecule has 1 aromatic heterocycles. The van der Waals surface area contributed by atoms with Gasteiger partial charge in [0.15, 0.2) is 0 Å². The van der Waals surface area contributed by atoms with Crippen LogP contribution in [0.4, 0.5) is 5.69 Å². The van der Waals surface area contributed by atoms with E-state index in [2.05, 4.69) is 20.8 Å². The number of ether oxygens (including phenoxy) is 1. The molecule has 0 aliphatic rings. The Hall–Kier alpha value is -2.87. The van der Waals surface area contributed by atoms with Crippen LogP contribution >= 0.6 is 11.8 Å². The molecule has 0 fully saturated rings. The van der Waals surface area contributed by atoms with Crippen LogP contribution in [0.2, 0.25) is 0 Å². The largest absolute Gasteiger partial charge is 0.492 e. The van der Waals surface area contributed by atoms with Gasteiger partial charge in [0.25, 0.3) is 0 Å². The molecule has 0 aliphatic heterocycles. The molecule has 0 aliphatic carbocycles. The summed E-state index contributed by atoms with van der Waals surface area (Å²) in [7, 11) is 0. The first-order valence-electron chi connectivity index (χ1n) is 8.17. The van der Waals surface area contributed by atoms with Crippen LogP contribution in [-0.2, 0) is 4.79 Å². The molecular formula is C18H19N5O2S. The van der Waals surface area contributed by atoms with Crippen LogP contribution < -0.4 is 10.1 Å². The van der Waals surface area contributed by atoms with Gasteiger partial charge in [-0.2, -0.15) is 4.68 Å². The summed E-state index contributed by atoms with van der Waals surface area (Å²) in [5.74, 6) is 0.686. The average molecular weight is 369 g/mol. The van der Waals surface area contributed by atoms with Crippen molar-refractivity contribution in [2.75, 3.05) is 17.7 Å². The van der Waals surface area contributed by atoms with Gasteiger partial charge in [0.05, 0.1) is 23.7 Å². The van der Waals surface area contributed by atoms with Crippen molar-refractivity contribution in [3.63, 3.8) is 0 Å². The van der Waals surface area contributed by atoms with E-state index >= 15 is 0 Å². The van der Waals surface area contributed by atoms with Crippen molar-refractivity contribution in [1.29, 1.82) is 0 Å². The summed E-state index contributed by atoms with van der Waals surface area (Å²) in [5.41, 5.74) is 2.62. The number of carbonyl (C=O) groups is 1. The van der Waals surface area contributed by atoms with Crippen LogP contribution in [0.5, 0.6) is 5.75 Å². The van der Waals surface area contributed by atoms with Crippen LogP contribution in [0, 0.1) is 6.92 Å². The van der Waals surface area contributed by atoms with Crippen LogP contribution in [0.15, 0.2) is 53.7 Å². The number of nitrogens with zero attached hydrogens (tertiary/aromatic N) is 4. The number of thioether (sulfide) groups is 1. The van der Waals surface area contributed by atoms with E-state index < -0.39 is 0 Å². The number of hydrogen-bond acceptors (Lipinski definition) is 6. The van der Waals surface area contributed by atoms with Gasteiger partial charge in [-0.15, -0.1) is 5.10 Å². The monoisotopic (exact) mass is 369 g/mol. The maximum absolute atomic E-state index is 12.3. The highest BCUT2D eigenvalue weighted by molar-refractivity contribution is 7.99. The highest BCUT2D eigenvalue weighted by Gasteiger charge is 2.13. The lowest BCUT2D eigenvalue weighted by Crippen LogP contribution is -2.15. The molecule has 1 heterocycles. The molecule has 3 aromatic rings. The number of para-hydroxylation sites is 2. The fourth-order valence-corrected chi connectivity index (χ4v) is 3.05. The van der Waals surface area contributed by atoms with E-state index in [9.17, 15) is 4.79 Å². The van der Waals surface area contributed by atoms with E-state index in [1.165, 1.54) is 11.8 Å². The van der Waals surface area contributed by atoms with Crippen molar-refractivity contribution in [3.05, 3.63) is 54.1 Å². The normalized spacial score (nSPS) is 10.5. The second-order valence-electron chi connectivity index (χ2n) is 5.48. The Balaban J connectivity index is 1.65. The fourth-order valence-electron chi connectivity index (χ4n) is 2.36. The van der Waals surface area contributed by atoms with E-state index in [-0.39, 0.29) is 11.7 Å². The van der Waals surface area contributed by atoms with Crippen molar-refractivity contribution in [2.45, 2.75) is 19.0 Å². The Morgan fingerprint density at radius 1 is 1.23 bits per heavy atom. The lowest BCUT2D eigenvalue weighted by atomic mass is 10.2. The predicted octanol–water partition coefficient (Wildman–Crippen LogP) is 3.10. The third kappa shape index (κ3) is 4.40. The number of benzene rings is 2. The third-order valence-electron chi connectivity index (χ3n) is 3.48. The SMILES string of the molecule is CCOc1ccccc1NC(=O)CSc1nnnn1-c1cccc(C)c1. The number of aromatic nitrogens is 4. The predicted molar refractivity (Wildman–Crippen MR) is 101 cm³/mol. The Kier molecular flexibility index (Phi) is 5.85. The van der Waals surface area contributed by atoms with Crippen LogP contribution in [0.1, 0.15) is 12.5 Å². The molecule has 1 amide bonds. The summed E-state index contributed by atoms with van der Waals surface area (Å²) in [4.78, 5) is 12.3. The van der Waals surface area contributed by atoms with Crippen LogP contribution in [-0.4, -0.2) is 38.5 Å². The summed E-state index contributed by atoms with van der Waals surface area (Å²) in [6.07, 6.45) is 0. The number of amides is 1. The first-order valence-corrected chi connectivity index (χ1v) is 9.16. The van der Waals surface area contributed by atoms with Gasteiger partial charge in [0.1, 0.15) is 5.75 Å². The van der Waals surface area contributed by atoms with E-state index in [4.69, 9.17) is 4.74 Å². The van der Waals surface area contributed by atoms with E-state index in [1.807, 2.05) is 62.4 Å². The summed E-state index contributed by atoms with van der Waals surface area (Å²) >= 11 is 1.27. The van der Waals surface area contributed by atoms with Crippen molar-refractivity contribution in [1.82, 2.24) is 20.2 Å². The second kappa shape index (κ2) is 8.48. The zero-order valence-corrected chi connectivity index (χ0v) is 15.4. The maximum atomic E-state index is 12.3. The lowest BCUT2D eigenvalue weighted by Gasteiger charge is -2.11. The highest BCUT2D eigenvalue weighted by atomic mass is 32.2. The van der Waals surface area contributed by atoms with Gasteiger partial charge in [0, 0.05) is 0 Å². The summed E-state index contributed by atoms with van der Waals surface area (Å²) < 4.78 is 7.14. The maximum Gasteiger partial charge on any atom is 0.234 e. The van der Waals surface area contributed by atoms with E-state index in [0.29, 0.717) is 23.2 Å². The van der Waals surface area contributed by atoms with Gasteiger partial charge in [-0.05, 0) is 54.1 Å². The molecule has 0 unspecified atom stereocenters. The zero-order chi connectivity index (χ0) is 18.4. The molecule has 0 atom stereocenters. The zero-order valence-electron chi connectivity index (χ0n) is 14.5. The van der Waals surface area contributed by atoms with Gasteiger partial charge < -0.3 is 10.1 Å². The van der Waals surface area contributed by atoms with Gasteiger partial charge in [-0.1, -0.05) is 36.0 Å². The number of anilines is 1. The first-order chi connectivity index (χ1) is 12.7. The second-order valence-corrected chi connectivity index (χ2v) is 6.42. The number of aryl methyl sites for hydroxylation is 1. The van der Waals surface area contributed by atoms with Crippen LogP contribution in [0.25, 0.3) is 5.69 Å². The topological polar surface area (TPSA) is 81.9 Å². The van der Waals surface area contributed by atoms with Crippen molar-refractivity contribution in [2.24, 2.45) is 0 Å². The molecule has 26 heavy (non-hydrogen) atoms. The molecule has 0 spiro atoms. The smallest absolute Gasteiger partial charge is 0.234 e. The number of hydrogen-bond donors (Lipinski definition) is 1. The molecule has 134 valence electrons. The van der Waals surface area contributed by atoms with Crippen molar-refractivity contribution >= 4 is 23.4 Å². The first kappa shape index (κ1) is 17.9. The molecule has 0 radical (unpaired) electrons. The summed E-state index contributed by atoms with van der Waals surface area (Å²) in [5, 5.41) is 15.2. The van der Waals surface area contributed by atoms with Gasteiger partial charge in [-0.3, -0.25) is 4.79 Å². The van der Waals surface area contributed by atoms with Crippen molar-refractivity contribution in [3.8, 4) is 11.4 Å². The standard InChI is InChI=1S/C18H19N5O2S/c1-3-25-16-10-5-4-9-15(16)19-17(24)12-26-18-20-21-22-23(18)14-8-6-7-13(2)11-14/h4-11H,3,12H2,1-2H3,(H,19,24). The number of rotatable bonds is 7. The summed E-state index contributed by atoms with van der Waals surface area (Å²) in [6.45, 7) is 4.44. The lowest BCUT2D eigenvalue weighted by molar-refractivity contribution is -0.113. The minimum absolute atomic E-state index is 0.152. The number of carbonyl (C=O) groups excluding carboxylic acids is 1. The molecule has 2 aromatic carbocycles. The number of nitrogens with one attached hydrogen (secondary N) is 1. The minimum Gasteiger partial charge on any atom is -0.492 e. The van der Waals surface area contributed by atoms with Gasteiger partial charge in [0.2, 0.25) is 11.1 Å². The Labute approximate surface area is 155 Å². The summed E-state index contributed by atoms with van der Waals surface area (Å²) in [6, 6.07) is 15.2. The van der Waals surface area contributed by atoms with Gasteiger partial charge >= 0.3 is 0 Å². The molecular weight excluding hydrogens is 350 g/mol. The molecule has 7 nitrogen and oxygen atoms in total. The molecule has 1 N–H and O–H groups in total. The number of tetrazole rings is 1. The molecule has 0 saturated carbocycles. The molecule has 8 heteroatoms. The highest BCUT2D eigenvalue weighted by Crippen LogP contribution is 2.24. The Morgan fingerprint density at radius 2 is 2.08 bits per heavy atom. The van der Waals surface area contributed by atoms with Gasteiger partial charge in [-0.25, -0.2) is 0 Å². The fraction of sp³-hybridized carbons (Fsp3) is 0.222. The van der Waals surface area contributed by atoms with E-state index in [0.717, 1.165) is 11.3 Å². The Bertz CT molecular complexity index is 897. The molecule has 3 rings (SSSR count). The van der Waals surface area contributed by atoms with Crippen LogP contribution in [0.3, 0.4) is 0 Å². The molecule has 0 bridgehead atoms. The van der Waals surface area contributed by atoms with E-state index in [1.54, 1.807) is 4.68 Å². The average Bonchev–Trinajstić information content (AvgIpc) is 3.10. The third-order valence-corrected chi connectivity index (χ3v) is 4.40. The quantitative estimate of drug-likeness (QED) is 0.645. The Morgan fingerprint density at radius 3 is 2.88 bits per heavy atom. The molecule has 0 saturated heterocycles.